The van der Waals surface area contributed by atoms with Crippen LogP contribution in [0.15, 0.2) is 24.3 Å². The van der Waals surface area contributed by atoms with E-state index in [0.717, 1.165) is 38.9 Å². The Labute approximate surface area is 130 Å². The van der Waals surface area contributed by atoms with Crippen LogP contribution in [0, 0.1) is 11.2 Å². The van der Waals surface area contributed by atoms with Crippen LogP contribution in [0.2, 0.25) is 0 Å². The van der Waals surface area contributed by atoms with Crippen molar-refractivity contribution in [3.8, 4) is 5.75 Å². The molecule has 3 unspecified atom stereocenters. The number of benzene rings is 1. The first kappa shape index (κ1) is 15.3. The Kier molecular flexibility index (Phi) is 4.34. The molecule has 2 aliphatic heterocycles. The van der Waals surface area contributed by atoms with Crippen LogP contribution in [0.1, 0.15) is 26.2 Å². The van der Waals surface area contributed by atoms with Gasteiger partial charge in [0.25, 0.3) is 0 Å². The second kappa shape index (κ2) is 6.24. The second-order valence-electron chi connectivity index (χ2n) is 6.51. The van der Waals surface area contributed by atoms with Crippen LogP contribution in [0.5, 0.6) is 5.75 Å². The summed E-state index contributed by atoms with van der Waals surface area (Å²) in [5.74, 6) is 0.315. The molecule has 1 N–H and O–H groups in total. The van der Waals surface area contributed by atoms with Gasteiger partial charge in [-0.25, -0.2) is 4.39 Å². The summed E-state index contributed by atoms with van der Waals surface area (Å²) in [5.41, 5.74) is -0.198. The van der Waals surface area contributed by atoms with E-state index >= 15 is 0 Å². The molecule has 0 saturated carbocycles. The van der Waals surface area contributed by atoms with Crippen molar-refractivity contribution in [3.05, 3.63) is 30.1 Å². The number of halogens is 1. The molecule has 3 atom stereocenters. The highest BCUT2D eigenvalue weighted by Crippen LogP contribution is 2.39. The number of amides is 1. The number of fused-ring (bicyclic) bond motifs is 2. The average molecular weight is 306 g/mol. The lowest BCUT2D eigenvalue weighted by Crippen LogP contribution is -2.47. The number of nitrogens with zero attached hydrogens (tertiary/aromatic N) is 1. The number of piperidine rings is 1. The lowest BCUT2D eigenvalue weighted by Gasteiger charge is -2.32. The van der Waals surface area contributed by atoms with Crippen molar-refractivity contribution in [1.29, 1.82) is 0 Å². The molecule has 2 fully saturated rings. The molecule has 2 aliphatic rings. The fourth-order valence-electron chi connectivity index (χ4n) is 3.53. The highest BCUT2D eigenvalue weighted by molar-refractivity contribution is 5.83. The lowest BCUT2D eigenvalue weighted by molar-refractivity contribution is -0.132. The molecule has 2 bridgehead atoms. The quantitative estimate of drug-likeness (QED) is 0.907. The second-order valence-corrected chi connectivity index (χ2v) is 6.51. The molecule has 5 heteroatoms. The Hall–Kier alpha value is -1.62. The summed E-state index contributed by atoms with van der Waals surface area (Å²) in [6.07, 6.45) is 2.85. The Morgan fingerprint density at radius 2 is 2.32 bits per heavy atom. The van der Waals surface area contributed by atoms with Crippen LogP contribution in [0.25, 0.3) is 0 Å². The van der Waals surface area contributed by atoms with Gasteiger partial charge in [0.15, 0.2) is 0 Å². The number of carbonyl (C=O) groups is 1. The van der Waals surface area contributed by atoms with Gasteiger partial charge < -0.3 is 15.0 Å². The van der Waals surface area contributed by atoms with Crippen molar-refractivity contribution in [1.82, 2.24) is 10.2 Å². The van der Waals surface area contributed by atoms with E-state index < -0.39 is 0 Å². The van der Waals surface area contributed by atoms with Crippen molar-refractivity contribution < 1.29 is 13.9 Å². The smallest absolute Gasteiger partial charge is 0.227 e. The number of hydrogen-bond donors (Lipinski definition) is 1. The van der Waals surface area contributed by atoms with Crippen molar-refractivity contribution in [2.45, 2.75) is 32.3 Å². The maximum Gasteiger partial charge on any atom is 0.227 e. The van der Waals surface area contributed by atoms with Gasteiger partial charge in [-0.3, -0.25) is 4.79 Å². The predicted molar refractivity (Wildman–Crippen MR) is 82.2 cm³/mol. The van der Waals surface area contributed by atoms with Gasteiger partial charge in [-0.1, -0.05) is 6.07 Å². The zero-order valence-electron chi connectivity index (χ0n) is 13.0. The van der Waals surface area contributed by atoms with Gasteiger partial charge in [0.05, 0.1) is 12.0 Å². The monoisotopic (exact) mass is 306 g/mol. The van der Waals surface area contributed by atoms with Crippen LogP contribution >= 0.6 is 0 Å². The fraction of sp³-hybridized carbons (Fsp3) is 0.588. The molecule has 3 rings (SSSR count). The van der Waals surface area contributed by atoms with Gasteiger partial charge >= 0.3 is 0 Å². The molecular formula is C17H23FN2O2. The molecule has 120 valence electrons. The van der Waals surface area contributed by atoms with E-state index in [9.17, 15) is 9.18 Å². The Morgan fingerprint density at radius 1 is 1.45 bits per heavy atom. The van der Waals surface area contributed by atoms with Gasteiger partial charge in [-0.15, -0.1) is 0 Å². The molecule has 2 heterocycles. The Morgan fingerprint density at radius 3 is 3.14 bits per heavy atom. The molecule has 0 spiro atoms. The first-order valence-electron chi connectivity index (χ1n) is 8.00. The van der Waals surface area contributed by atoms with Gasteiger partial charge in [0, 0.05) is 12.6 Å². The molecule has 0 radical (unpaired) electrons. The number of nitrogens with one attached hydrogen (secondary N) is 1. The van der Waals surface area contributed by atoms with Gasteiger partial charge in [-0.2, -0.15) is 0 Å². The summed E-state index contributed by atoms with van der Waals surface area (Å²) in [4.78, 5) is 14.9. The standard InChI is InChI=1S/C17H23FN2O2/c1-13(22-15-5-2-4-14(18)10-15)11-19-16(21)17-6-3-8-20(12-17)9-7-17/h2,4-5,10,13H,3,6-9,11-12H2,1H3,(H,19,21). The van der Waals surface area contributed by atoms with E-state index in [-0.39, 0.29) is 23.2 Å². The average Bonchev–Trinajstić information content (AvgIpc) is 2.80. The lowest BCUT2D eigenvalue weighted by atomic mass is 9.80. The van der Waals surface area contributed by atoms with Gasteiger partial charge in [0.2, 0.25) is 5.91 Å². The molecule has 4 nitrogen and oxygen atoms in total. The minimum absolute atomic E-state index is 0.143. The summed E-state index contributed by atoms with van der Waals surface area (Å²) in [6.45, 7) is 5.36. The van der Waals surface area contributed by atoms with Gasteiger partial charge in [0.1, 0.15) is 17.7 Å². The summed E-state index contributed by atoms with van der Waals surface area (Å²) >= 11 is 0. The summed E-state index contributed by atoms with van der Waals surface area (Å²) in [7, 11) is 0. The van der Waals surface area contributed by atoms with E-state index in [2.05, 4.69) is 10.2 Å². The fourth-order valence-corrected chi connectivity index (χ4v) is 3.53. The van der Waals surface area contributed by atoms with E-state index in [1.807, 2.05) is 6.92 Å². The third kappa shape index (κ3) is 3.24. The molecular weight excluding hydrogens is 283 g/mol. The summed E-state index contributed by atoms with van der Waals surface area (Å²) in [6, 6.07) is 6.07. The van der Waals surface area contributed by atoms with Crippen LogP contribution in [0.4, 0.5) is 4.39 Å². The molecule has 0 aliphatic carbocycles. The van der Waals surface area contributed by atoms with E-state index in [0.29, 0.717) is 12.3 Å². The molecule has 2 saturated heterocycles. The van der Waals surface area contributed by atoms with E-state index in [1.165, 1.54) is 12.1 Å². The first-order valence-corrected chi connectivity index (χ1v) is 8.00. The maximum atomic E-state index is 13.1. The molecule has 1 amide bonds. The van der Waals surface area contributed by atoms with Crippen LogP contribution in [-0.4, -0.2) is 43.1 Å². The minimum atomic E-state index is -0.319. The summed E-state index contributed by atoms with van der Waals surface area (Å²) in [5, 5.41) is 3.02. The third-order valence-electron chi connectivity index (χ3n) is 4.73. The minimum Gasteiger partial charge on any atom is -0.489 e. The first-order chi connectivity index (χ1) is 10.6. The number of ether oxygens (including phenoxy) is 1. The highest BCUT2D eigenvalue weighted by Gasteiger charge is 2.46. The van der Waals surface area contributed by atoms with Crippen molar-refractivity contribution in [3.63, 3.8) is 0 Å². The van der Waals surface area contributed by atoms with Crippen molar-refractivity contribution in [2.75, 3.05) is 26.2 Å². The van der Waals surface area contributed by atoms with Crippen molar-refractivity contribution >= 4 is 5.91 Å². The largest absolute Gasteiger partial charge is 0.489 e. The third-order valence-corrected chi connectivity index (χ3v) is 4.73. The number of carbonyl (C=O) groups excluding carboxylic acids is 1. The molecule has 1 aromatic carbocycles. The van der Waals surface area contributed by atoms with Crippen LogP contribution in [0.3, 0.4) is 0 Å². The van der Waals surface area contributed by atoms with E-state index in [4.69, 9.17) is 4.74 Å². The number of hydrogen-bond acceptors (Lipinski definition) is 3. The zero-order valence-corrected chi connectivity index (χ0v) is 13.0. The Balaban J connectivity index is 1.50. The highest BCUT2D eigenvalue weighted by atomic mass is 19.1. The number of rotatable bonds is 5. The molecule has 0 aromatic heterocycles. The van der Waals surface area contributed by atoms with Crippen molar-refractivity contribution in [2.24, 2.45) is 5.41 Å². The summed E-state index contributed by atoms with van der Waals surface area (Å²) < 4.78 is 18.8. The Bertz CT molecular complexity index is 547. The van der Waals surface area contributed by atoms with Crippen LogP contribution in [-0.2, 0) is 4.79 Å². The maximum absolute atomic E-state index is 13.1. The SMILES string of the molecule is CC(CNC(=O)C12CCCN(CC1)C2)Oc1cccc(F)c1. The normalized spacial score (nSPS) is 28.2. The van der Waals surface area contributed by atoms with Gasteiger partial charge in [-0.05, 0) is 51.4 Å². The topological polar surface area (TPSA) is 41.6 Å². The van der Waals surface area contributed by atoms with Crippen LogP contribution < -0.4 is 10.1 Å². The molecule has 1 aromatic rings. The predicted octanol–water partition coefficient (Wildman–Crippen LogP) is 2.20. The molecule has 22 heavy (non-hydrogen) atoms. The zero-order chi connectivity index (χ0) is 15.6. The van der Waals surface area contributed by atoms with E-state index in [1.54, 1.807) is 12.1 Å².